The van der Waals surface area contributed by atoms with Gasteiger partial charge in [0.25, 0.3) is 0 Å². The predicted molar refractivity (Wildman–Crippen MR) is 49.6 cm³/mol. The number of ether oxygens (including phenoxy) is 1. The van der Waals surface area contributed by atoms with Crippen molar-refractivity contribution in [3.05, 3.63) is 34.9 Å². The van der Waals surface area contributed by atoms with Crippen LogP contribution >= 0.6 is 0 Å². The Morgan fingerprint density at radius 2 is 2.36 bits per heavy atom. The number of carbonyl (C=O) groups is 1. The van der Waals surface area contributed by atoms with Gasteiger partial charge in [-0.25, -0.2) is 4.79 Å². The van der Waals surface area contributed by atoms with E-state index >= 15 is 0 Å². The van der Waals surface area contributed by atoms with Crippen LogP contribution in [0.2, 0.25) is 0 Å². The van der Waals surface area contributed by atoms with E-state index in [-0.39, 0.29) is 18.5 Å². The van der Waals surface area contributed by atoms with Gasteiger partial charge in [-0.15, -0.1) is 0 Å². The minimum atomic E-state index is -0.373. The Morgan fingerprint density at radius 1 is 1.57 bits per heavy atom. The molecule has 70 valence electrons. The smallest absolute Gasteiger partial charge is 0.339 e. The van der Waals surface area contributed by atoms with Gasteiger partial charge >= 0.3 is 5.97 Å². The van der Waals surface area contributed by atoms with Gasteiger partial charge in [-0.2, -0.15) is 5.26 Å². The Kier molecular flexibility index (Phi) is 1.97. The van der Waals surface area contributed by atoms with E-state index in [1.807, 2.05) is 31.2 Å². The number of nitrogens with zero attached hydrogens (tertiary/aromatic N) is 1. The molecule has 0 radical (unpaired) electrons. The molecule has 1 heterocycles. The molecule has 1 aromatic carbocycles. The zero-order valence-corrected chi connectivity index (χ0v) is 7.78. The molecule has 0 fully saturated rings. The summed E-state index contributed by atoms with van der Waals surface area (Å²) in [4.78, 5) is 11.4. The molecule has 3 heteroatoms. The quantitative estimate of drug-likeness (QED) is 0.633. The molecule has 0 N–H and O–H groups in total. The number of hydrogen-bond acceptors (Lipinski definition) is 3. The molecule has 0 saturated heterocycles. The molecule has 0 saturated carbocycles. The second-order valence-corrected chi connectivity index (χ2v) is 3.30. The van der Waals surface area contributed by atoms with Crippen LogP contribution in [0.3, 0.4) is 0 Å². The minimum absolute atomic E-state index is 0.224. The SMILES string of the molecule is Cc1cccc2c1C(=O)O[C@H]2CC#N. The summed E-state index contributed by atoms with van der Waals surface area (Å²) in [5, 5.41) is 8.57. The summed E-state index contributed by atoms with van der Waals surface area (Å²) in [7, 11) is 0. The third-order valence-corrected chi connectivity index (χ3v) is 2.38. The molecule has 0 bridgehead atoms. The fourth-order valence-electron chi connectivity index (χ4n) is 1.72. The molecule has 3 nitrogen and oxygen atoms in total. The molecule has 0 unspecified atom stereocenters. The summed E-state index contributed by atoms with van der Waals surface area (Å²) in [5.41, 5.74) is 2.39. The van der Waals surface area contributed by atoms with Crippen molar-refractivity contribution in [1.29, 1.82) is 5.26 Å². The number of rotatable bonds is 1. The Hall–Kier alpha value is -1.82. The number of esters is 1. The monoisotopic (exact) mass is 187 g/mol. The topological polar surface area (TPSA) is 50.1 Å². The summed E-state index contributed by atoms with van der Waals surface area (Å²) < 4.78 is 5.09. The first kappa shape index (κ1) is 8.76. The molecular weight excluding hydrogens is 178 g/mol. The van der Waals surface area contributed by atoms with Crippen LogP contribution in [0.4, 0.5) is 0 Å². The highest BCUT2D eigenvalue weighted by molar-refractivity contribution is 5.95. The number of benzene rings is 1. The van der Waals surface area contributed by atoms with Gasteiger partial charge in [-0.1, -0.05) is 18.2 Å². The predicted octanol–water partition coefficient (Wildman–Crippen LogP) is 2.12. The zero-order chi connectivity index (χ0) is 10.1. The maximum atomic E-state index is 11.4. The van der Waals surface area contributed by atoms with Crippen molar-refractivity contribution < 1.29 is 9.53 Å². The van der Waals surface area contributed by atoms with Crippen LogP contribution in [-0.4, -0.2) is 5.97 Å². The van der Waals surface area contributed by atoms with E-state index in [0.717, 1.165) is 11.1 Å². The second-order valence-electron chi connectivity index (χ2n) is 3.30. The number of cyclic esters (lactones) is 1. The summed E-state index contributed by atoms with van der Waals surface area (Å²) in [6.07, 6.45) is -0.148. The molecule has 0 aromatic heterocycles. The molecule has 2 rings (SSSR count). The van der Waals surface area contributed by atoms with Crippen molar-refractivity contribution in [2.75, 3.05) is 0 Å². The van der Waals surface area contributed by atoms with Crippen LogP contribution < -0.4 is 0 Å². The van der Waals surface area contributed by atoms with Gasteiger partial charge in [0.05, 0.1) is 18.1 Å². The first-order chi connectivity index (χ1) is 6.74. The Morgan fingerprint density at radius 3 is 3.07 bits per heavy atom. The van der Waals surface area contributed by atoms with Crippen LogP contribution in [-0.2, 0) is 4.74 Å². The maximum Gasteiger partial charge on any atom is 0.339 e. The van der Waals surface area contributed by atoms with E-state index in [1.165, 1.54) is 0 Å². The van der Waals surface area contributed by atoms with E-state index < -0.39 is 0 Å². The number of fused-ring (bicyclic) bond motifs is 1. The summed E-state index contributed by atoms with van der Waals surface area (Å²) in [6.45, 7) is 1.87. The largest absolute Gasteiger partial charge is 0.453 e. The molecular formula is C11H9NO2. The molecule has 1 aliphatic heterocycles. The van der Waals surface area contributed by atoms with Crippen LogP contribution in [0, 0.1) is 18.3 Å². The highest BCUT2D eigenvalue weighted by atomic mass is 16.5. The third kappa shape index (κ3) is 1.16. The minimum Gasteiger partial charge on any atom is -0.453 e. The van der Waals surface area contributed by atoms with Crippen molar-refractivity contribution in [2.24, 2.45) is 0 Å². The van der Waals surface area contributed by atoms with Gasteiger partial charge in [-0.05, 0) is 12.5 Å². The standard InChI is InChI=1S/C11H9NO2/c1-7-3-2-4-8-9(5-6-12)14-11(13)10(7)8/h2-4,9H,5H2,1H3/t9-/m0/s1. The van der Waals surface area contributed by atoms with E-state index in [0.29, 0.717) is 5.56 Å². The van der Waals surface area contributed by atoms with E-state index in [2.05, 4.69) is 0 Å². The van der Waals surface area contributed by atoms with Crippen molar-refractivity contribution in [2.45, 2.75) is 19.4 Å². The Bertz CT molecular complexity index is 431. The van der Waals surface area contributed by atoms with Crippen molar-refractivity contribution in [1.82, 2.24) is 0 Å². The number of carbonyl (C=O) groups excluding carboxylic acids is 1. The second kappa shape index (κ2) is 3.15. The highest BCUT2D eigenvalue weighted by Gasteiger charge is 2.31. The van der Waals surface area contributed by atoms with Gasteiger partial charge in [0.1, 0.15) is 6.10 Å². The highest BCUT2D eigenvalue weighted by Crippen LogP contribution is 2.34. The molecule has 0 spiro atoms. The van der Waals surface area contributed by atoms with Crippen molar-refractivity contribution >= 4 is 5.97 Å². The van der Waals surface area contributed by atoms with Gasteiger partial charge < -0.3 is 4.74 Å². The summed E-state index contributed by atoms with van der Waals surface area (Å²) in [5.74, 6) is -0.307. The van der Waals surface area contributed by atoms with E-state index in [4.69, 9.17) is 10.00 Å². The zero-order valence-electron chi connectivity index (χ0n) is 7.78. The van der Waals surface area contributed by atoms with Crippen molar-refractivity contribution in [3.8, 4) is 6.07 Å². The summed E-state index contributed by atoms with van der Waals surface area (Å²) in [6, 6.07) is 7.60. The van der Waals surface area contributed by atoms with Crippen LogP contribution in [0.1, 0.15) is 34.0 Å². The van der Waals surface area contributed by atoms with Crippen LogP contribution in [0.15, 0.2) is 18.2 Å². The molecule has 14 heavy (non-hydrogen) atoms. The molecule has 0 aliphatic carbocycles. The first-order valence-corrected chi connectivity index (χ1v) is 4.41. The molecule has 0 amide bonds. The van der Waals surface area contributed by atoms with Crippen LogP contribution in [0.5, 0.6) is 0 Å². The van der Waals surface area contributed by atoms with Gasteiger partial charge in [0.2, 0.25) is 0 Å². The lowest BCUT2D eigenvalue weighted by Gasteiger charge is -2.04. The lowest BCUT2D eigenvalue weighted by Crippen LogP contribution is -1.97. The van der Waals surface area contributed by atoms with Gasteiger partial charge in [0.15, 0.2) is 0 Å². The van der Waals surface area contributed by atoms with Crippen molar-refractivity contribution in [3.63, 3.8) is 0 Å². The fourth-order valence-corrected chi connectivity index (χ4v) is 1.72. The summed E-state index contributed by atoms with van der Waals surface area (Å²) >= 11 is 0. The number of hydrogen-bond donors (Lipinski definition) is 0. The van der Waals surface area contributed by atoms with E-state index in [1.54, 1.807) is 0 Å². The van der Waals surface area contributed by atoms with Gasteiger partial charge in [0, 0.05) is 5.56 Å². The maximum absolute atomic E-state index is 11.4. The molecule has 1 atom stereocenters. The normalized spacial score (nSPS) is 18.6. The van der Waals surface area contributed by atoms with Gasteiger partial charge in [-0.3, -0.25) is 0 Å². The lowest BCUT2D eigenvalue weighted by atomic mass is 9.99. The number of nitriles is 1. The average molecular weight is 187 g/mol. The Labute approximate surface area is 81.9 Å². The lowest BCUT2D eigenvalue weighted by molar-refractivity contribution is 0.0395. The Balaban J connectivity index is 2.50. The van der Waals surface area contributed by atoms with Crippen LogP contribution in [0.25, 0.3) is 0 Å². The average Bonchev–Trinajstić information content (AvgIpc) is 2.46. The van der Waals surface area contributed by atoms with E-state index in [9.17, 15) is 4.79 Å². The molecule has 1 aromatic rings. The fraction of sp³-hybridized carbons (Fsp3) is 0.273. The molecule has 1 aliphatic rings. The first-order valence-electron chi connectivity index (χ1n) is 4.41. The number of aryl methyl sites for hydroxylation is 1. The third-order valence-electron chi connectivity index (χ3n) is 2.38.